The molecule has 0 fully saturated rings. The van der Waals surface area contributed by atoms with Crippen molar-refractivity contribution in [2.24, 2.45) is 0 Å². The molecule has 0 aliphatic rings. The number of nitrogens with zero attached hydrogens (tertiary/aromatic N) is 1. The molecule has 2 aromatic carbocycles. The van der Waals surface area contributed by atoms with Gasteiger partial charge in [0.2, 0.25) is 11.8 Å². The van der Waals surface area contributed by atoms with Gasteiger partial charge in [0.1, 0.15) is 12.0 Å². The maximum absolute atomic E-state index is 12.2. The van der Waals surface area contributed by atoms with Gasteiger partial charge in [-0.3, -0.25) is 4.79 Å². The van der Waals surface area contributed by atoms with Crippen LogP contribution >= 0.6 is 11.8 Å². The predicted molar refractivity (Wildman–Crippen MR) is 104 cm³/mol. The lowest BCUT2D eigenvalue weighted by molar-refractivity contribution is -0.113. The highest BCUT2D eigenvalue weighted by Crippen LogP contribution is 2.25. The SMILES string of the molecule is COc1ccc(C)cc1NC(=O)CSCc1coc(-c2ccccc2)n1. The second-order valence-corrected chi connectivity index (χ2v) is 6.74. The number of methoxy groups -OCH3 is 1. The van der Waals surface area contributed by atoms with Gasteiger partial charge in [-0.25, -0.2) is 4.98 Å². The predicted octanol–water partition coefficient (Wildman–Crippen LogP) is 4.53. The molecule has 0 unspecified atom stereocenters. The molecule has 0 saturated carbocycles. The third-order valence-electron chi connectivity index (χ3n) is 3.68. The van der Waals surface area contributed by atoms with Crippen molar-refractivity contribution in [3.8, 4) is 17.2 Å². The summed E-state index contributed by atoms with van der Waals surface area (Å²) in [5.74, 6) is 2.10. The van der Waals surface area contributed by atoms with Crippen LogP contribution in [-0.4, -0.2) is 23.8 Å². The van der Waals surface area contributed by atoms with Crippen LogP contribution in [0, 0.1) is 6.92 Å². The van der Waals surface area contributed by atoms with E-state index in [1.165, 1.54) is 11.8 Å². The second-order valence-electron chi connectivity index (χ2n) is 5.75. The van der Waals surface area contributed by atoms with E-state index in [9.17, 15) is 4.79 Å². The highest BCUT2D eigenvalue weighted by Gasteiger charge is 2.10. The molecule has 6 heteroatoms. The van der Waals surface area contributed by atoms with Crippen LogP contribution in [0.3, 0.4) is 0 Å². The maximum atomic E-state index is 12.2. The quantitative estimate of drug-likeness (QED) is 0.664. The number of carbonyl (C=O) groups excluding carboxylic acids is 1. The van der Waals surface area contributed by atoms with Gasteiger partial charge in [0, 0.05) is 11.3 Å². The Labute approximate surface area is 156 Å². The van der Waals surface area contributed by atoms with Gasteiger partial charge in [-0.05, 0) is 36.8 Å². The molecule has 26 heavy (non-hydrogen) atoms. The first-order valence-electron chi connectivity index (χ1n) is 8.18. The molecule has 134 valence electrons. The zero-order chi connectivity index (χ0) is 18.4. The van der Waals surface area contributed by atoms with Crippen molar-refractivity contribution in [1.29, 1.82) is 0 Å². The Bertz CT molecular complexity index is 878. The average Bonchev–Trinajstić information content (AvgIpc) is 3.11. The van der Waals surface area contributed by atoms with E-state index in [0.717, 1.165) is 16.8 Å². The summed E-state index contributed by atoms with van der Waals surface area (Å²) in [7, 11) is 1.59. The van der Waals surface area contributed by atoms with Gasteiger partial charge in [-0.15, -0.1) is 11.8 Å². The van der Waals surface area contributed by atoms with E-state index >= 15 is 0 Å². The number of aryl methyl sites for hydroxylation is 1. The summed E-state index contributed by atoms with van der Waals surface area (Å²) in [5.41, 5.74) is 3.50. The molecule has 0 saturated heterocycles. The number of carbonyl (C=O) groups is 1. The zero-order valence-corrected chi connectivity index (χ0v) is 15.5. The summed E-state index contributed by atoms with van der Waals surface area (Å²) in [6, 6.07) is 15.4. The lowest BCUT2D eigenvalue weighted by atomic mass is 10.2. The molecule has 1 amide bonds. The van der Waals surface area contributed by atoms with Gasteiger partial charge in [0.15, 0.2) is 0 Å². The summed E-state index contributed by atoms with van der Waals surface area (Å²) < 4.78 is 10.8. The molecule has 0 atom stereocenters. The minimum Gasteiger partial charge on any atom is -0.495 e. The van der Waals surface area contributed by atoms with Crippen molar-refractivity contribution < 1.29 is 13.9 Å². The van der Waals surface area contributed by atoms with Crippen LogP contribution in [0.1, 0.15) is 11.3 Å². The van der Waals surface area contributed by atoms with E-state index in [0.29, 0.717) is 28.8 Å². The van der Waals surface area contributed by atoms with E-state index in [2.05, 4.69) is 10.3 Å². The summed E-state index contributed by atoms with van der Waals surface area (Å²) >= 11 is 1.48. The van der Waals surface area contributed by atoms with Crippen LogP contribution < -0.4 is 10.1 Å². The standard InChI is InChI=1S/C20H20N2O3S/c1-14-8-9-18(24-2)17(10-14)22-19(23)13-26-12-16-11-25-20(21-16)15-6-4-3-5-7-15/h3-11H,12-13H2,1-2H3,(H,22,23). The number of rotatable bonds is 7. The number of aromatic nitrogens is 1. The smallest absolute Gasteiger partial charge is 0.234 e. The molecule has 0 spiro atoms. The first kappa shape index (κ1) is 18.1. The lowest BCUT2D eigenvalue weighted by Gasteiger charge is -2.10. The molecular weight excluding hydrogens is 348 g/mol. The maximum Gasteiger partial charge on any atom is 0.234 e. The highest BCUT2D eigenvalue weighted by molar-refractivity contribution is 7.99. The largest absolute Gasteiger partial charge is 0.495 e. The summed E-state index contributed by atoms with van der Waals surface area (Å²) in [4.78, 5) is 16.6. The molecule has 1 N–H and O–H groups in total. The Kier molecular flexibility index (Phi) is 5.96. The first-order valence-corrected chi connectivity index (χ1v) is 9.33. The number of amides is 1. The monoisotopic (exact) mass is 368 g/mol. The van der Waals surface area contributed by atoms with E-state index in [4.69, 9.17) is 9.15 Å². The Morgan fingerprint density at radius 1 is 1.23 bits per heavy atom. The number of hydrogen-bond acceptors (Lipinski definition) is 5. The van der Waals surface area contributed by atoms with Gasteiger partial charge in [-0.1, -0.05) is 24.3 Å². The van der Waals surface area contributed by atoms with Crippen LogP contribution in [0.5, 0.6) is 5.75 Å². The summed E-state index contributed by atoms with van der Waals surface area (Å²) in [6.45, 7) is 1.97. The fourth-order valence-electron chi connectivity index (χ4n) is 2.44. The van der Waals surface area contributed by atoms with Crippen molar-refractivity contribution in [3.05, 3.63) is 66.1 Å². The van der Waals surface area contributed by atoms with Crippen molar-refractivity contribution >= 4 is 23.4 Å². The van der Waals surface area contributed by atoms with E-state index in [-0.39, 0.29) is 5.91 Å². The fraction of sp³-hybridized carbons (Fsp3) is 0.200. The van der Waals surface area contributed by atoms with Crippen molar-refractivity contribution in [2.45, 2.75) is 12.7 Å². The van der Waals surface area contributed by atoms with Crippen LogP contribution in [0.2, 0.25) is 0 Å². The van der Waals surface area contributed by atoms with Gasteiger partial charge in [-0.2, -0.15) is 0 Å². The van der Waals surface area contributed by atoms with Crippen LogP contribution in [0.25, 0.3) is 11.5 Å². The van der Waals surface area contributed by atoms with E-state index in [1.54, 1.807) is 13.4 Å². The molecule has 5 nitrogen and oxygen atoms in total. The number of benzene rings is 2. The van der Waals surface area contributed by atoms with E-state index < -0.39 is 0 Å². The number of hydrogen-bond donors (Lipinski definition) is 1. The molecule has 3 aromatic rings. The Balaban J connectivity index is 1.52. The van der Waals surface area contributed by atoms with Gasteiger partial charge in [0.05, 0.1) is 24.2 Å². The molecule has 3 rings (SSSR count). The third-order valence-corrected chi connectivity index (χ3v) is 4.65. The van der Waals surface area contributed by atoms with Crippen molar-refractivity contribution in [3.63, 3.8) is 0 Å². The van der Waals surface area contributed by atoms with Crippen molar-refractivity contribution in [2.75, 3.05) is 18.2 Å². The van der Waals surface area contributed by atoms with Gasteiger partial charge >= 0.3 is 0 Å². The zero-order valence-electron chi connectivity index (χ0n) is 14.7. The van der Waals surface area contributed by atoms with Crippen LogP contribution in [0.15, 0.2) is 59.2 Å². The van der Waals surface area contributed by atoms with Crippen molar-refractivity contribution in [1.82, 2.24) is 4.98 Å². The minimum atomic E-state index is -0.0781. The third kappa shape index (κ3) is 4.67. The molecule has 0 radical (unpaired) electrons. The van der Waals surface area contributed by atoms with Crippen LogP contribution in [0.4, 0.5) is 5.69 Å². The van der Waals surface area contributed by atoms with Gasteiger partial charge < -0.3 is 14.5 Å². The van der Waals surface area contributed by atoms with E-state index in [1.807, 2.05) is 55.5 Å². The molecule has 1 heterocycles. The number of oxazole rings is 1. The molecular formula is C20H20N2O3S. The molecule has 0 bridgehead atoms. The number of thioether (sulfide) groups is 1. The Hall–Kier alpha value is -2.73. The number of anilines is 1. The molecule has 1 aromatic heterocycles. The van der Waals surface area contributed by atoms with Gasteiger partial charge in [0.25, 0.3) is 0 Å². The second kappa shape index (κ2) is 8.58. The fourth-order valence-corrected chi connectivity index (χ4v) is 3.14. The Morgan fingerprint density at radius 3 is 2.81 bits per heavy atom. The Morgan fingerprint density at radius 2 is 2.04 bits per heavy atom. The molecule has 0 aliphatic carbocycles. The average molecular weight is 368 g/mol. The summed E-state index contributed by atoms with van der Waals surface area (Å²) in [5, 5.41) is 2.89. The first-order chi connectivity index (χ1) is 12.7. The lowest BCUT2D eigenvalue weighted by Crippen LogP contribution is -2.15. The van der Waals surface area contributed by atoms with Crippen LogP contribution in [-0.2, 0) is 10.5 Å². The number of nitrogens with one attached hydrogen (secondary N) is 1. The number of ether oxygens (including phenoxy) is 1. The summed E-state index contributed by atoms with van der Waals surface area (Å²) in [6.07, 6.45) is 1.64. The highest BCUT2D eigenvalue weighted by atomic mass is 32.2. The normalized spacial score (nSPS) is 10.5. The topological polar surface area (TPSA) is 64.4 Å². The minimum absolute atomic E-state index is 0.0781. The molecule has 0 aliphatic heterocycles.